The molecule has 0 saturated carbocycles. The molecule has 42 heavy (non-hydrogen) atoms. The van der Waals surface area contributed by atoms with Crippen molar-refractivity contribution < 1.29 is 9.18 Å². The highest BCUT2D eigenvalue weighted by atomic mass is 35.5. The fraction of sp³-hybridized carbons (Fsp3) is 0.419. The van der Waals surface area contributed by atoms with E-state index in [1.165, 1.54) is 6.08 Å². The standard InChI is InChI=1S/C31H36ClFN8O/c1-7-24(42)40-13-19(5)41(14-18(40)4)30-22-11-23(32)26(25-17(3)9-10-20-12-34-37-28(20)25)27(33)29(22)35-31(36-30)39-15-21(16-39)38(6)8-2/h7,9-12,18-19,21H,1,8,13-16H2,2-6H3,(H,34,37)/t18-,19+/m1/s1. The molecule has 0 radical (unpaired) electrons. The van der Waals surface area contributed by atoms with Gasteiger partial charge in [-0.2, -0.15) is 10.1 Å². The van der Waals surface area contributed by atoms with Crippen LogP contribution in [-0.4, -0.2) is 93.8 Å². The molecule has 1 N–H and O–H groups in total. The van der Waals surface area contributed by atoms with Gasteiger partial charge >= 0.3 is 0 Å². The van der Waals surface area contributed by atoms with Crippen molar-refractivity contribution in [3.05, 3.63) is 53.5 Å². The van der Waals surface area contributed by atoms with E-state index < -0.39 is 5.82 Å². The van der Waals surface area contributed by atoms with Crippen LogP contribution in [0.15, 0.2) is 37.1 Å². The van der Waals surface area contributed by atoms with Crippen molar-refractivity contribution in [1.82, 2.24) is 30.0 Å². The highest BCUT2D eigenvalue weighted by molar-refractivity contribution is 6.35. The number of hydrogen-bond acceptors (Lipinski definition) is 7. The first-order chi connectivity index (χ1) is 20.1. The molecule has 2 aromatic heterocycles. The molecule has 0 aliphatic carbocycles. The van der Waals surface area contributed by atoms with Gasteiger partial charge < -0.3 is 19.6 Å². The van der Waals surface area contributed by atoms with Gasteiger partial charge in [-0.25, -0.2) is 9.37 Å². The molecule has 11 heteroatoms. The Labute approximate surface area is 249 Å². The molecule has 0 spiro atoms. The Morgan fingerprint density at radius 1 is 1.19 bits per heavy atom. The molecule has 2 aliphatic rings. The number of likely N-dealkylation sites (N-methyl/N-ethyl adjacent to an activating group) is 1. The summed E-state index contributed by atoms with van der Waals surface area (Å²) >= 11 is 6.92. The monoisotopic (exact) mass is 590 g/mol. The zero-order valence-corrected chi connectivity index (χ0v) is 25.4. The number of rotatable bonds is 6. The Bertz CT molecular complexity index is 1700. The quantitative estimate of drug-likeness (QED) is 0.316. The summed E-state index contributed by atoms with van der Waals surface area (Å²) in [6.07, 6.45) is 3.07. The van der Waals surface area contributed by atoms with Gasteiger partial charge in [0.15, 0.2) is 5.82 Å². The summed E-state index contributed by atoms with van der Waals surface area (Å²) in [6.45, 7) is 15.3. The van der Waals surface area contributed by atoms with Crippen molar-refractivity contribution in [2.45, 2.75) is 45.8 Å². The zero-order chi connectivity index (χ0) is 29.9. The number of halogens is 2. The molecular formula is C31H36ClFN8O. The van der Waals surface area contributed by atoms with Gasteiger partial charge in [0.2, 0.25) is 11.9 Å². The van der Waals surface area contributed by atoms with Crippen LogP contribution in [0.4, 0.5) is 16.2 Å². The largest absolute Gasteiger partial charge is 0.349 e. The fourth-order valence-corrected chi connectivity index (χ4v) is 6.49. The molecule has 0 bridgehead atoms. The lowest BCUT2D eigenvalue weighted by atomic mass is 9.96. The van der Waals surface area contributed by atoms with Gasteiger partial charge in [0, 0.05) is 66.2 Å². The molecule has 220 valence electrons. The van der Waals surface area contributed by atoms with Crippen molar-refractivity contribution in [3.8, 4) is 11.1 Å². The number of amides is 1. The summed E-state index contributed by atoms with van der Waals surface area (Å²) in [5.41, 5.74) is 2.79. The molecule has 9 nitrogen and oxygen atoms in total. The average molecular weight is 591 g/mol. The maximum Gasteiger partial charge on any atom is 0.246 e. The number of carbonyl (C=O) groups excluding carboxylic acids is 1. The van der Waals surface area contributed by atoms with Crippen LogP contribution < -0.4 is 9.80 Å². The first-order valence-electron chi connectivity index (χ1n) is 14.4. The lowest BCUT2D eigenvalue weighted by Crippen LogP contribution is -2.59. The summed E-state index contributed by atoms with van der Waals surface area (Å²) in [4.78, 5) is 30.8. The second kappa shape index (κ2) is 10.8. The second-order valence-electron chi connectivity index (χ2n) is 11.6. The van der Waals surface area contributed by atoms with E-state index in [9.17, 15) is 4.79 Å². The highest BCUT2D eigenvalue weighted by Gasteiger charge is 2.36. The lowest BCUT2D eigenvalue weighted by molar-refractivity contribution is -0.128. The third-order valence-electron chi connectivity index (χ3n) is 8.91. The first kappa shape index (κ1) is 28.4. The van der Waals surface area contributed by atoms with Crippen LogP contribution in [0.5, 0.6) is 0 Å². The number of aromatic nitrogens is 4. The Balaban J connectivity index is 1.52. The minimum atomic E-state index is -0.489. The number of aromatic amines is 1. The molecular weight excluding hydrogens is 555 g/mol. The summed E-state index contributed by atoms with van der Waals surface area (Å²) in [5.74, 6) is 0.523. The predicted octanol–water partition coefficient (Wildman–Crippen LogP) is 5.03. The second-order valence-corrected chi connectivity index (χ2v) is 12.0. The Kier molecular flexibility index (Phi) is 7.31. The van der Waals surface area contributed by atoms with Gasteiger partial charge in [-0.3, -0.25) is 9.89 Å². The third kappa shape index (κ3) is 4.57. The van der Waals surface area contributed by atoms with Crippen LogP contribution in [0.25, 0.3) is 32.9 Å². The molecule has 2 atom stereocenters. The van der Waals surface area contributed by atoms with Crippen LogP contribution in [0.2, 0.25) is 5.02 Å². The van der Waals surface area contributed by atoms with Crippen molar-refractivity contribution in [1.29, 1.82) is 0 Å². The van der Waals surface area contributed by atoms with Crippen molar-refractivity contribution in [2.24, 2.45) is 0 Å². The van der Waals surface area contributed by atoms with E-state index in [1.807, 2.05) is 37.8 Å². The number of aryl methyl sites for hydroxylation is 1. The van der Waals surface area contributed by atoms with Gasteiger partial charge in [-0.05, 0) is 52.1 Å². The smallest absolute Gasteiger partial charge is 0.246 e. The number of anilines is 2. The molecule has 2 fully saturated rings. The number of nitrogens with zero attached hydrogens (tertiary/aromatic N) is 7. The third-order valence-corrected chi connectivity index (χ3v) is 9.21. The van der Waals surface area contributed by atoms with E-state index in [-0.39, 0.29) is 28.5 Å². The number of nitrogens with one attached hydrogen (secondary N) is 1. The van der Waals surface area contributed by atoms with E-state index in [4.69, 9.17) is 21.6 Å². The molecule has 2 aromatic carbocycles. The minimum absolute atomic E-state index is 0.0751. The molecule has 0 unspecified atom stereocenters. The Hall–Kier alpha value is -3.76. The molecule has 6 rings (SSSR count). The zero-order valence-electron chi connectivity index (χ0n) is 24.7. The van der Waals surface area contributed by atoms with Gasteiger partial charge in [0.05, 0.1) is 16.7 Å². The van der Waals surface area contributed by atoms with Crippen LogP contribution in [0, 0.1) is 12.7 Å². The highest BCUT2D eigenvalue weighted by Crippen LogP contribution is 2.43. The molecule has 2 saturated heterocycles. The molecule has 4 heterocycles. The summed E-state index contributed by atoms with van der Waals surface area (Å²) in [5, 5.41) is 8.90. The van der Waals surface area contributed by atoms with E-state index >= 15 is 4.39 Å². The number of H-pyrrole nitrogens is 1. The number of piperazine rings is 1. The van der Waals surface area contributed by atoms with Crippen molar-refractivity contribution in [3.63, 3.8) is 0 Å². The predicted molar refractivity (Wildman–Crippen MR) is 167 cm³/mol. The maximum atomic E-state index is 16.9. The summed E-state index contributed by atoms with van der Waals surface area (Å²) < 4.78 is 16.9. The van der Waals surface area contributed by atoms with Crippen LogP contribution in [0.1, 0.15) is 26.3 Å². The van der Waals surface area contributed by atoms with Crippen LogP contribution >= 0.6 is 11.6 Å². The van der Waals surface area contributed by atoms with Crippen molar-refractivity contribution in [2.75, 3.05) is 49.6 Å². The first-order valence-corrected chi connectivity index (χ1v) is 14.8. The van der Waals surface area contributed by atoms with Crippen LogP contribution in [0.3, 0.4) is 0 Å². The SMILES string of the molecule is C=CC(=O)N1C[C@H](C)N(c2nc(N3CC(N(C)CC)C3)nc3c(F)c(-c4c(C)ccc5cn[nH]c45)c(Cl)cc23)C[C@H]1C. The molecule has 4 aromatic rings. The maximum absolute atomic E-state index is 16.9. The number of benzene rings is 2. The molecule has 1 amide bonds. The van der Waals surface area contributed by atoms with Gasteiger partial charge in [-0.1, -0.05) is 37.2 Å². The summed E-state index contributed by atoms with van der Waals surface area (Å²) in [6, 6.07) is 5.90. The van der Waals surface area contributed by atoms with Gasteiger partial charge in [0.1, 0.15) is 11.3 Å². The number of fused-ring (bicyclic) bond motifs is 2. The fourth-order valence-electron chi connectivity index (χ4n) is 6.20. The van der Waals surface area contributed by atoms with Crippen molar-refractivity contribution >= 4 is 51.1 Å². The van der Waals surface area contributed by atoms with Gasteiger partial charge in [-0.15, -0.1) is 0 Å². The Morgan fingerprint density at radius 2 is 1.95 bits per heavy atom. The molecule has 2 aliphatic heterocycles. The van der Waals surface area contributed by atoms with E-state index in [1.54, 1.807) is 12.3 Å². The van der Waals surface area contributed by atoms with E-state index in [0.29, 0.717) is 47.4 Å². The average Bonchev–Trinajstić information content (AvgIpc) is 3.43. The van der Waals surface area contributed by atoms with Crippen LogP contribution in [-0.2, 0) is 4.79 Å². The minimum Gasteiger partial charge on any atom is -0.349 e. The van der Waals surface area contributed by atoms with E-state index in [0.717, 1.165) is 36.1 Å². The number of carbonyl (C=O) groups is 1. The van der Waals surface area contributed by atoms with E-state index in [2.05, 4.69) is 45.4 Å². The topological polar surface area (TPSA) is 84.5 Å². The normalized spacial score (nSPS) is 19.7. The summed E-state index contributed by atoms with van der Waals surface area (Å²) in [7, 11) is 2.11. The Morgan fingerprint density at radius 3 is 2.67 bits per heavy atom. The number of hydrogen-bond donors (Lipinski definition) is 1. The lowest BCUT2D eigenvalue weighted by Gasteiger charge is -2.46. The van der Waals surface area contributed by atoms with Gasteiger partial charge in [0.25, 0.3) is 0 Å².